The molecular formula is C41H77NO2. The Morgan fingerprint density at radius 1 is 0.432 bits per heavy atom. The van der Waals surface area contributed by atoms with Crippen LogP contribution in [0.1, 0.15) is 175 Å². The second-order valence-electron chi connectivity index (χ2n) is 13.0. The van der Waals surface area contributed by atoms with Crippen LogP contribution in [0.5, 0.6) is 0 Å². The van der Waals surface area contributed by atoms with Crippen molar-refractivity contribution in [3.8, 4) is 0 Å². The van der Waals surface area contributed by atoms with Crippen molar-refractivity contribution in [2.45, 2.75) is 187 Å². The van der Waals surface area contributed by atoms with Gasteiger partial charge in [0.25, 0.3) is 0 Å². The van der Waals surface area contributed by atoms with E-state index in [1.807, 2.05) is 0 Å². The highest BCUT2D eigenvalue weighted by Crippen LogP contribution is 2.13. The fourth-order valence-corrected chi connectivity index (χ4v) is 5.44. The van der Waals surface area contributed by atoms with Crippen molar-refractivity contribution in [1.29, 1.82) is 0 Å². The molecule has 0 saturated heterocycles. The van der Waals surface area contributed by atoms with Gasteiger partial charge in [-0.15, -0.1) is 0 Å². The van der Waals surface area contributed by atoms with Crippen LogP contribution in [-0.4, -0.2) is 44.5 Å². The average molecular weight is 616 g/mol. The summed E-state index contributed by atoms with van der Waals surface area (Å²) in [7, 11) is 4.20. The molecule has 0 rings (SSSR count). The third-order valence-corrected chi connectivity index (χ3v) is 8.27. The molecule has 3 nitrogen and oxygen atoms in total. The van der Waals surface area contributed by atoms with Gasteiger partial charge in [-0.2, -0.15) is 0 Å². The highest BCUT2D eigenvalue weighted by molar-refractivity contribution is 4.93. The molecule has 0 aliphatic rings. The van der Waals surface area contributed by atoms with E-state index >= 15 is 0 Å². The maximum Gasteiger partial charge on any atom is 0.136 e. The third kappa shape index (κ3) is 32.2. The van der Waals surface area contributed by atoms with Crippen molar-refractivity contribution in [2.75, 3.05) is 27.3 Å². The number of ether oxygens (including phenoxy) is 2. The van der Waals surface area contributed by atoms with Gasteiger partial charge in [-0.3, -0.25) is 4.90 Å². The van der Waals surface area contributed by atoms with E-state index in [1.54, 1.807) is 0 Å². The predicted molar refractivity (Wildman–Crippen MR) is 198 cm³/mol. The van der Waals surface area contributed by atoms with Gasteiger partial charge >= 0.3 is 0 Å². The van der Waals surface area contributed by atoms with Crippen molar-refractivity contribution >= 4 is 0 Å². The van der Waals surface area contributed by atoms with Gasteiger partial charge in [-0.1, -0.05) is 140 Å². The van der Waals surface area contributed by atoms with E-state index in [0.717, 1.165) is 38.9 Å². The molecule has 2 atom stereocenters. The Kier molecular flexibility index (Phi) is 35.4. The van der Waals surface area contributed by atoms with E-state index in [-0.39, 0.29) is 12.3 Å². The van der Waals surface area contributed by atoms with Gasteiger partial charge in [0.1, 0.15) is 6.23 Å². The summed E-state index contributed by atoms with van der Waals surface area (Å²) in [6.45, 7) is 8.36. The van der Waals surface area contributed by atoms with Gasteiger partial charge in [0.15, 0.2) is 0 Å². The normalized spacial score (nSPS) is 14.0. The first-order chi connectivity index (χ1) is 21.6. The molecule has 2 unspecified atom stereocenters. The Hall–Kier alpha value is -1.16. The van der Waals surface area contributed by atoms with Gasteiger partial charge in [-0.25, -0.2) is 0 Å². The molecule has 0 radical (unpaired) electrons. The van der Waals surface area contributed by atoms with Crippen LogP contribution in [0.4, 0.5) is 0 Å². The molecule has 0 amide bonds. The average Bonchev–Trinajstić information content (AvgIpc) is 3.01. The number of unbranched alkanes of at least 4 members (excludes halogenated alkanes) is 18. The number of likely N-dealkylation sites (N-methyl/N-ethyl adjacent to an activating group) is 1. The number of nitrogens with zero attached hydrogens (tertiary/aromatic N) is 1. The fraction of sp³-hybridized carbons (Fsp3) is 0.805. The van der Waals surface area contributed by atoms with Crippen LogP contribution in [0.2, 0.25) is 0 Å². The van der Waals surface area contributed by atoms with E-state index in [4.69, 9.17) is 9.47 Å². The largest absolute Gasteiger partial charge is 0.374 e. The smallest absolute Gasteiger partial charge is 0.136 e. The van der Waals surface area contributed by atoms with Gasteiger partial charge in [-0.05, 0) is 98.1 Å². The topological polar surface area (TPSA) is 21.7 Å². The van der Waals surface area contributed by atoms with Gasteiger partial charge in [0, 0.05) is 13.2 Å². The summed E-state index contributed by atoms with van der Waals surface area (Å²) in [5, 5.41) is 0. The first kappa shape index (κ1) is 42.8. The van der Waals surface area contributed by atoms with E-state index in [0.29, 0.717) is 0 Å². The number of hydrogen-bond acceptors (Lipinski definition) is 3. The summed E-state index contributed by atoms with van der Waals surface area (Å²) in [5.41, 5.74) is 0. The van der Waals surface area contributed by atoms with Gasteiger partial charge < -0.3 is 9.47 Å². The highest BCUT2D eigenvalue weighted by atomic mass is 16.5. The zero-order valence-corrected chi connectivity index (χ0v) is 30.4. The lowest BCUT2D eigenvalue weighted by Gasteiger charge is -2.30. The van der Waals surface area contributed by atoms with Crippen molar-refractivity contribution in [1.82, 2.24) is 4.90 Å². The molecule has 0 heterocycles. The first-order valence-electron chi connectivity index (χ1n) is 19.1. The van der Waals surface area contributed by atoms with Crippen molar-refractivity contribution < 1.29 is 9.47 Å². The van der Waals surface area contributed by atoms with Crippen LogP contribution in [0.25, 0.3) is 0 Å². The molecule has 0 aliphatic heterocycles. The second-order valence-corrected chi connectivity index (χ2v) is 13.0. The van der Waals surface area contributed by atoms with Crippen LogP contribution in [0, 0.1) is 0 Å². The molecule has 3 heteroatoms. The number of allylic oxidation sites excluding steroid dienone is 8. The van der Waals surface area contributed by atoms with Crippen LogP contribution in [0.15, 0.2) is 48.6 Å². The van der Waals surface area contributed by atoms with Crippen molar-refractivity contribution in [3.05, 3.63) is 48.6 Å². The van der Waals surface area contributed by atoms with E-state index < -0.39 is 0 Å². The van der Waals surface area contributed by atoms with Crippen molar-refractivity contribution in [3.63, 3.8) is 0 Å². The van der Waals surface area contributed by atoms with Gasteiger partial charge in [0.05, 0.1) is 6.10 Å². The molecule has 0 fully saturated rings. The van der Waals surface area contributed by atoms with Crippen molar-refractivity contribution in [2.24, 2.45) is 0 Å². The fourth-order valence-electron chi connectivity index (χ4n) is 5.44. The number of rotatable bonds is 34. The second kappa shape index (κ2) is 36.3. The monoisotopic (exact) mass is 616 g/mol. The molecule has 0 aromatic heterocycles. The molecule has 0 aromatic carbocycles. The predicted octanol–water partition coefficient (Wildman–Crippen LogP) is 12.9. The summed E-state index contributed by atoms with van der Waals surface area (Å²) in [6, 6.07) is 0. The molecule has 258 valence electrons. The molecular weight excluding hydrogens is 538 g/mol. The maximum absolute atomic E-state index is 6.25. The Morgan fingerprint density at radius 3 is 1.16 bits per heavy atom. The maximum atomic E-state index is 6.25. The molecule has 0 bridgehead atoms. The van der Waals surface area contributed by atoms with E-state index in [1.165, 1.54) is 128 Å². The summed E-state index contributed by atoms with van der Waals surface area (Å²) in [6.07, 6.45) is 49.5. The molecule has 0 aromatic rings. The van der Waals surface area contributed by atoms with Crippen LogP contribution in [-0.2, 0) is 9.47 Å². The Bertz CT molecular complexity index is 666. The SMILES string of the molecule is CCCCC/C=C\C/C=C\CCCCCCCCOC(C)C(OCCCCCCCC/C=C\C/C=C\CCCCC)N(C)C. The number of hydrogen-bond donors (Lipinski definition) is 0. The highest BCUT2D eigenvalue weighted by Gasteiger charge is 2.20. The molecule has 0 saturated carbocycles. The van der Waals surface area contributed by atoms with Gasteiger partial charge in [0.2, 0.25) is 0 Å². The lowest BCUT2D eigenvalue weighted by atomic mass is 10.1. The molecule has 0 N–H and O–H groups in total. The standard InChI is InChI=1S/C41H77NO2/c1-6-8-10-12-14-16-18-20-22-24-26-28-30-32-34-36-38-43-40(3)41(42(4)5)44-39-37-35-33-31-29-27-25-23-21-19-17-15-13-11-9-7-2/h14-17,20-23,40-41H,6-13,18-19,24-39H2,1-5H3/b16-14-,17-15-,22-20-,23-21-. The first-order valence-corrected chi connectivity index (χ1v) is 19.1. The minimum Gasteiger partial charge on any atom is -0.374 e. The molecule has 0 aliphatic carbocycles. The summed E-state index contributed by atoms with van der Waals surface area (Å²) in [5.74, 6) is 0. The molecule has 44 heavy (non-hydrogen) atoms. The van der Waals surface area contributed by atoms with Crippen LogP contribution in [0.3, 0.4) is 0 Å². The quantitative estimate of drug-likeness (QED) is 0.0408. The minimum atomic E-state index is 0.0394. The third-order valence-electron chi connectivity index (χ3n) is 8.27. The Balaban J connectivity index is 3.62. The minimum absolute atomic E-state index is 0.0394. The lowest BCUT2D eigenvalue weighted by Crippen LogP contribution is -2.41. The lowest BCUT2D eigenvalue weighted by molar-refractivity contribution is -0.125. The summed E-state index contributed by atoms with van der Waals surface area (Å²) in [4.78, 5) is 2.17. The molecule has 0 spiro atoms. The van der Waals surface area contributed by atoms with E-state index in [9.17, 15) is 0 Å². The zero-order valence-electron chi connectivity index (χ0n) is 30.4. The Labute approximate surface area is 277 Å². The zero-order chi connectivity index (χ0) is 32.2. The van der Waals surface area contributed by atoms with Crippen LogP contribution >= 0.6 is 0 Å². The summed E-state index contributed by atoms with van der Waals surface area (Å²) >= 11 is 0. The van der Waals surface area contributed by atoms with E-state index in [2.05, 4.69) is 88.4 Å². The summed E-state index contributed by atoms with van der Waals surface area (Å²) < 4.78 is 12.4. The Morgan fingerprint density at radius 2 is 0.773 bits per heavy atom. The van der Waals surface area contributed by atoms with Crippen LogP contribution < -0.4 is 0 Å².